The third-order valence-corrected chi connectivity index (χ3v) is 11.0. The maximum atomic E-state index is 9.11. The van der Waals surface area contributed by atoms with E-state index in [0.717, 1.165) is 12.8 Å². The highest BCUT2D eigenvalue weighted by molar-refractivity contribution is 6.99. The maximum absolute atomic E-state index is 9.11. The predicted molar refractivity (Wildman–Crippen MR) is 146 cm³/mol. The van der Waals surface area contributed by atoms with Gasteiger partial charge in [0, 0.05) is 0 Å². The van der Waals surface area contributed by atoms with Crippen LogP contribution in [-0.2, 0) is 4.43 Å². The van der Waals surface area contributed by atoms with E-state index in [2.05, 4.69) is 107 Å². The molecule has 0 radical (unpaired) electrons. The number of unbranched alkanes of at least 4 members (excludes halogenated alkanes) is 3. The lowest BCUT2D eigenvalue weighted by Gasteiger charge is -2.44. The van der Waals surface area contributed by atoms with Crippen LogP contribution in [0.4, 0.5) is 0 Å². The van der Waals surface area contributed by atoms with Gasteiger partial charge in [-0.1, -0.05) is 138 Å². The fourth-order valence-corrected chi connectivity index (χ4v) is 8.92. The van der Waals surface area contributed by atoms with Crippen molar-refractivity contribution in [3.63, 3.8) is 0 Å². The van der Waals surface area contributed by atoms with Gasteiger partial charge >= 0.3 is 0 Å². The zero-order valence-corrected chi connectivity index (χ0v) is 21.9. The van der Waals surface area contributed by atoms with Gasteiger partial charge in [-0.25, -0.2) is 0 Å². The quantitative estimate of drug-likeness (QED) is 0.158. The molecule has 0 aromatic heterocycles. The molecule has 0 bridgehead atoms. The van der Waals surface area contributed by atoms with E-state index in [-0.39, 0.29) is 17.7 Å². The highest BCUT2D eigenvalue weighted by atomic mass is 28.4. The first-order valence-electron chi connectivity index (χ1n) is 12.3. The summed E-state index contributed by atoms with van der Waals surface area (Å²) in [5.74, 6) is 0. The Kier molecular flexibility index (Phi) is 11.6. The van der Waals surface area contributed by atoms with Crippen molar-refractivity contribution >= 4 is 18.7 Å². The van der Waals surface area contributed by atoms with E-state index in [1.54, 1.807) is 6.08 Å². The van der Waals surface area contributed by atoms with Crippen LogP contribution in [0.1, 0.15) is 59.8 Å². The highest BCUT2D eigenvalue weighted by Crippen LogP contribution is 2.38. The van der Waals surface area contributed by atoms with Crippen molar-refractivity contribution in [2.24, 2.45) is 0 Å². The van der Waals surface area contributed by atoms with Crippen LogP contribution in [0, 0.1) is 0 Å². The Labute approximate surface area is 202 Å². The molecular weight excluding hydrogens is 420 g/mol. The molecule has 0 spiro atoms. The zero-order chi connectivity index (χ0) is 24.0. The van der Waals surface area contributed by atoms with E-state index < -0.39 is 8.32 Å². The summed E-state index contributed by atoms with van der Waals surface area (Å²) in [5.41, 5.74) is 0. The van der Waals surface area contributed by atoms with Crippen LogP contribution < -0.4 is 10.4 Å². The van der Waals surface area contributed by atoms with E-state index in [0.29, 0.717) is 0 Å². The first-order valence-corrected chi connectivity index (χ1v) is 14.2. The van der Waals surface area contributed by atoms with Crippen LogP contribution in [-0.4, -0.2) is 26.1 Å². The summed E-state index contributed by atoms with van der Waals surface area (Å²) >= 11 is 0. The number of aliphatic hydroxyl groups is 1. The summed E-state index contributed by atoms with van der Waals surface area (Å²) in [6, 6.07) is 21.6. The monoisotopic (exact) mass is 462 g/mol. The zero-order valence-electron chi connectivity index (χ0n) is 20.9. The Morgan fingerprint density at radius 2 is 1.45 bits per heavy atom. The predicted octanol–water partition coefficient (Wildman–Crippen LogP) is 6.56. The van der Waals surface area contributed by atoms with Crippen LogP contribution in [0.25, 0.3) is 0 Å². The van der Waals surface area contributed by atoms with E-state index in [1.807, 2.05) is 12.2 Å². The average molecular weight is 463 g/mol. The van der Waals surface area contributed by atoms with E-state index >= 15 is 0 Å². The molecule has 0 aliphatic rings. The van der Waals surface area contributed by atoms with Gasteiger partial charge < -0.3 is 9.53 Å². The van der Waals surface area contributed by atoms with Gasteiger partial charge in [-0.2, -0.15) is 0 Å². The molecule has 178 valence electrons. The minimum absolute atomic E-state index is 0.0436. The van der Waals surface area contributed by atoms with Gasteiger partial charge in [-0.05, 0) is 34.7 Å². The number of aliphatic hydroxyl groups excluding tert-OH is 1. The first kappa shape index (κ1) is 27.0. The summed E-state index contributed by atoms with van der Waals surface area (Å²) < 4.78 is 7.29. The molecule has 0 heterocycles. The molecule has 0 aliphatic carbocycles. The van der Waals surface area contributed by atoms with Crippen molar-refractivity contribution in [3.8, 4) is 0 Å². The minimum atomic E-state index is -2.62. The van der Waals surface area contributed by atoms with Gasteiger partial charge in [-0.3, -0.25) is 0 Å². The Bertz CT molecular complexity index is 824. The lowest BCUT2D eigenvalue weighted by molar-refractivity contribution is 0.236. The Balaban J connectivity index is 2.47. The van der Waals surface area contributed by atoms with Crippen molar-refractivity contribution in [2.45, 2.75) is 70.9 Å². The van der Waals surface area contributed by atoms with Crippen molar-refractivity contribution in [1.29, 1.82) is 0 Å². The topological polar surface area (TPSA) is 29.5 Å². The summed E-state index contributed by atoms with van der Waals surface area (Å²) in [6.07, 6.45) is 18.0. The smallest absolute Gasteiger partial charge is 0.261 e. The van der Waals surface area contributed by atoms with E-state index in [1.165, 1.54) is 29.6 Å². The molecular formula is C30H42O2Si. The molecule has 33 heavy (non-hydrogen) atoms. The van der Waals surface area contributed by atoms with Gasteiger partial charge in [-0.15, -0.1) is 0 Å². The largest absolute Gasteiger partial charge is 0.401 e. The first-order chi connectivity index (χ1) is 16.0. The summed E-state index contributed by atoms with van der Waals surface area (Å²) in [6.45, 7) is 9.22. The fraction of sp³-hybridized carbons (Fsp3) is 0.400. The molecule has 1 atom stereocenters. The second-order valence-corrected chi connectivity index (χ2v) is 13.8. The molecule has 2 aromatic rings. The van der Waals surface area contributed by atoms with E-state index in [9.17, 15) is 0 Å². The van der Waals surface area contributed by atoms with Crippen LogP contribution in [0.2, 0.25) is 5.04 Å². The van der Waals surface area contributed by atoms with Crippen LogP contribution in [0.5, 0.6) is 0 Å². The molecule has 1 N–H and O–H groups in total. The summed E-state index contributed by atoms with van der Waals surface area (Å²) in [4.78, 5) is 0. The van der Waals surface area contributed by atoms with Gasteiger partial charge in [0.15, 0.2) is 0 Å². The minimum Gasteiger partial charge on any atom is -0.401 e. The van der Waals surface area contributed by atoms with Gasteiger partial charge in [0.25, 0.3) is 8.32 Å². The number of hydrogen-bond donors (Lipinski definition) is 1. The fourth-order valence-electron chi connectivity index (χ4n) is 4.27. The second kappa shape index (κ2) is 14.1. The van der Waals surface area contributed by atoms with Crippen molar-refractivity contribution in [2.75, 3.05) is 6.61 Å². The van der Waals surface area contributed by atoms with Gasteiger partial charge in [0.1, 0.15) is 0 Å². The lowest BCUT2D eigenvalue weighted by Crippen LogP contribution is -2.67. The molecule has 2 aromatic carbocycles. The van der Waals surface area contributed by atoms with Crippen LogP contribution >= 0.6 is 0 Å². The Morgan fingerprint density at radius 3 is 1.97 bits per heavy atom. The summed E-state index contributed by atoms with van der Waals surface area (Å²) in [7, 11) is -2.62. The molecule has 0 amide bonds. The van der Waals surface area contributed by atoms with Crippen molar-refractivity contribution < 1.29 is 9.53 Å². The Morgan fingerprint density at radius 1 is 0.848 bits per heavy atom. The third kappa shape index (κ3) is 7.96. The van der Waals surface area contributed by atoms with E-state index in [4.69, 9.17) is 9.53 Å². The molecule has 2 nitrogen and oxygen atoms in total. The van der Waals surface area contributed by atoms with Gasteiger partial charge in [0.2, 0.25) is 0 Å². The van der Waals surface area contributed by atoms with Crippen molar-refractivity contribution in [1.82, 2.24) is 0 Å². The normalized spacial score (nSPS) is 14.0. The molecule has 0 saturated carbocycles. The van der Waals surface area contributed by atoms with Crippen molar-refractivity contribution in [3.05, 3.63) is 97.1 Å². The number of benzene rings is 2. The number of allylic oxidation sites excluding steroid dienone is 3. The highest BCUT2D eigenvalue weighted by Gasteiger charge is 2.51. The molecule has 3 heteroatoms. The molecule has 0 saturated heterocycles. The van der Waals surface area contributed by atoms with Crippen LogP contribution in [0.3, 0.4) is 0 Å². The van der Waals surface area contributed by atoms with Gasteiger partial charge in [0.05, 0.1) is 12.7 Å². The average Bonchev–Trinajstić information content (AvgIpc) is 2.82. The molecule has 0 fully saturated rings. The maximum Gasteiger partial charge on any atom is 0.261 e. The molecule has 2 rings (SSSR count). The Hall–Kier alpha value is -2.20. The molecule has 0 aliphatic heterocycles. The molecule has 1 unspecified atom stereocenters. The summed E-state index contributed by atoms with van der Waals surface area (Å²) in [5, 5.41) is 11.6. The SMILES string of the molecule is CCCCC/C=C\CC(/C=C/C=C\CO)O[Si](c1ccccc1)(c1ccccc1)C(C)(C)C. The van der Waals surface area contributed by atoms with Crippen LogP contribution in [0.15, 0.2) is 97.1 Å². The standard InChI is InChI=1S/C30H42O2Si/c1-5-6-7-8-9-13-20-27(21-14-12-19-26-31)32-33(30(2,3)4,28-22-15-10-16-23-28)29-24-17-11-18-25-29/h9-19,21-25,27,31H,5-8,20,26H2,1-4H3/b13-9-,19-12-,21-14+. The third-order valence-electron chi connectivity index (χ3n) is 5.93. The lowest BCUT2D eigenvalue weighted by atomic mass is 10.1. The number of rotatable bonds is 13. The second-order valence-electron chi connectivity index (χ2n) is 9.52. The number of hydrogen-bond acceptors (Lipinski definition) is 2.